The maximum atomic E-state index is 5.16. The molecule has 0 amide bonds. The topological polar surface area (TPSA) is 21.3 Å². The van der Waals surface area contributed by atoms with Crippen LogP contribution < -0.4 is 5.48 Å². The van der Waals surface area contributed by atoms with Gasteiger partial charge in [0.25, 0.3) is 0 Å². The van der Waals surface area contributed by atoms with Crippen molar-refractivity contribution in [3.05, 3.63) is 0 Å². The van der Waals surface area contributed by atoms with Crippen LogP contribution in [-0.2, 0) is 4.84 Å². The van der Waals surface area contributed by atoms with E-state index in [2.05, 4.69) is 12.4 Å². The molecular formula is C7H15NO. The van der Waals surface area contributed by atoms with E-state index < -0.39 is 0 Å². The highest BCUT2D eigenvalue weighted by atomic mass is 16.6. The Balaban J connectivity index is 1.92. The SMILES string of the molecule is CCNOCC1(C)CC1. The molecule has 0 aliphatic heterocycles. The lowest BCUT2D eigenvalue weighted by atomic mass is 10.2. The Kier molecular flexibility index (Phi) is 2.09. The van der Waals surface area contributed by atoms with Gasteiger partial charge in [-0.15, -0.1) is 0 Å². The predicted molar refractivity (Wildman–Crippen MR) is 37.0 cm³/mol. The molecule has 2 heteroatoms. The lowest BCUT2D eigenvalue weighted by molar-refractivity contribution is 0.0173. The van der Waals surface area contributed by atoms with Crippen LogP contribution in [0.5, 0.6) is 0 Å². The third-order valence-electron chi connectivity index (χ3n) is 1.77. The number of hydrogen-bond donors (Lipinski definition) is 1. The lowest BCUT2D eigenvalue weighted by Crippen LogP contribution is -2.18. The molecule has 0 heterocycles. The molecule has 0 spiro atoms. The fourth-order valence-electron chi connectivity index (χ4n) is 0.685. The molecule has 0 atom stereocenters. The number of hydroxylamine groups is 1. The minimum Gasteiger partial charge on any atom is -0.301 e. The van der Waals surface area contributed by atoms with E-state index in [1.165, 1.54) is 12.8 Å². The van der Waals surface area contributed by atoms with Crippen molar-refractivity contribution in [1.82, 2.24) is 5.48 Å². The van der Waals surface area contributed by atoms with E-state index in [-0.39, 0.29) is 0 Å². The summed E-state index contributed by atoms with van der Waals surface area (Å²) in [4.78, 5) is 5.16. The molecule has 1 aliphatic rings. The van der Waals surface area contributed by atoms with Crippen molar-refractivity contribution >= 4 is 0 Å². The van der Waals surface area contributed by atoms with Gasteiger partial charge in [0.05, 0.1) is 6.61 Å². The molecule has 0 radical (unpaired) electrons. The molecule has 54 valence electrons. The van der Waals surface area contributed by atoms with Crippen LogP contribution in [0.15, 0.2) is 0 Å². The van der Waals surface area contributed by atoms with Crippen LogP contribution >= 0.6 is 0 Å². The summed E-state index contributed by atoms with van der Waals surface area (Å²) in [5.41, 5.74) is 3.36. The van der Waals surface area contributed by atoms with E-state index in [4.69, 9.17) is 4.84 Å². The average molecular weight is 129 g/mol. The summed E-state index contributed by atoms with van der Waals surface area (Å²) in [6, 6.07) is 0. The molecule has 0 aromatic heterocycles. The van der Waals surface area contributed by atoms with Gasteiger partial charge in [0, 0.05) is 6.54 Å². The summed E-state index contributed by atoms with van der Waals surface area (Å²) in [5, 5.41) is 0. The Labute approximate surface area is 56.5 Å². The first-order valence-electron chi connectivity index (χ1n) is 3.61. The summed E-state index contributed by atoms with van der Waals surface area (Å²) in [5.74, 6) is 0. The van der Waals surface area contributed by atoms with Crippen molar-refractivity contribution in [3.8, 4) is 0 Å². The first-order chi connectivity index (χ1) is 4.27. The standard InChI is InChI=1S/C7H15NO/c1-3-8-9-6-7(2)4-5-7/h8H,3-6H2,1-2H3. The Morgan fingerprint density at radius 2 is 2.22 bits per heavy atom. The third-order valence-corrected chi connectivity index (χ3v) is 1.77. The van der Waals surface area contributed by atoms with Gasteiger partial charge in [-0.25, -0.2) is 5.48 Å². The van der Waals surface area contributed by atoms with Gasteiger partial charge in [-0.1, -0.05) is 13.8 Å². The van der Waals surface area contributed by atoms with E-state index in [9.17, 15) is 0 Å². The molecule has 9 heavy (non-hydrogen) atoms. The average Bonchev–Trinajstić information content (AvgIpc) is 2.50. The molecule has 0 saturated heterocycles. The summed E-state index contributed by atoms with van der Waals surface area (Å²) in [7, 11) is 0. The smallest absolute Gasteiger partial charge is 0.0735 e. The van der Waals surface area contributed by atoms with Crippen LogP contribution in [0.4, 0.5) is 0 Å². The molecular weight excluding hydrogens is 114 g/mol. The fraction of sp³-hybridized carbons (Fsp3) is 1.00. The van der Waals surface area contributed by atoms with E-state index in [1.807, 2.05) is 6.92 Å². The van der Waals surface area contributed by atoms with Gasteiger partial charge >= 0.3 is 0 Å². The van der Waals surface area contributed by atoms with Crippen molar-refractivity contribution < 1.29 is 4.84 Å². The summed E-state index contributed by atoms with van der Waals surface area (Å²) >= 11 is 0. The molecule has 1 aliphatic carbocycles. The molecule has 2 nitrogen and oxygen atoms in total. The Morgan fingerprint density at radius 3 is 2.67 bits per heavy atom. The third kappa shape index (κ3) is 2.33. The van der Waals surface area contributed by atoms with Gasteiger partial charge in [0.1, 0.15) is 0 Å². The van der Waals surface area contributed by atoms with Gasteiger partial charge in [-0.3, -0.25) is 0 Å². The van der Waals surface area contributed by atoms with Crippen molar-refractivity contribution in [1.29, 1.82) is 0 Å². The minimum atomic E-state index is 0.516. The lowest BCUT2D eigenvalue weighted by Gasteiger charge is -2.07. The quantitative estimate of drug-likeness (QED) is 0.456. The zero-order valence-electron chi connectivity index (χ0n) is 6.24. The molecule has 0 aromatic rings. The first kappa shape index (κ1) is 7.03. The predicted octanol–water partition coefficient (Wildman–Crippen LogP) is 1.33. The number of nitrogens with one attached hydrogen (secondary N) is 1. The number of rotatable bonds is 4. The summed E-state index contributed by atoms with van der Waals surface area (Å²) in [6.07, 6.45) is 2.66. The van der Waals surface area contributed by atoms with E-state index >= 15 is 0 Å². The Hall–Kier alpha value is -0.0800. The zero-order valence-corrected chi connectivity index (χ0v) is 6.24. The van der Waals surface area contributed by atoms with Crippen LogP contribution in [0.2, 0.25) is 0 Å². The highest BCUT2D eigenvalue weighted by Crippen LogP contribution is 2.44. The minimum absolute atomic E-state index is 0.516. The molecule has 0 bridgehead atoms. The van der Waals surface area contributed by atoms with Gasteiger partial charge in [-0.05, 0) is 18.3 Å². The maximum absolute atomic E-state index is 5.16. The van der Waals surface area contributed by atoms with Gasteiger partial charge in [0.15, 0.2) is 0 Å². The summed E-state index contributed by atoms with van der Waals surface area (Å²) < 4.78 is 0. The van der Waals surface area contributed by atoms with Crippen LogP contribution in [0.3, 0.4) is 0 Å². The van der Waals surface area contributed by atoms with Crippen LogP contribution in [0.25, 0.3) is 0 Å². The first-order valence-corrected chi connectivity index (χ1v) is 3.61. The molecule has 0 unspecified atom stereocenters. The maximum Gasteiger partial charge on any atom is 0.0735 e. The monoisotopic (exact) mass is 129 g/mol. The summed E-state index contributed by atoms with van der Waals surface area (Å²) in [6.45, 7) is 6.07. The largest absolute Gasteiger partial charge is 0.301 e. The highest BCUT2D eigenvalue weighted by Gasteiger charge is 2.37. The second kappa shape index (κ2) is 2.67. The molecule has 1 fully saturated rings. The normalized spacial score (nSPS) is 22.0. The van der Waals surface area contributed by atoms with Gasteiger partial charge in [0.2, 0.25) is 0 Å². The molecule has 0 aromatic carbocycles. The Bertz CT molecular complexity index is 88.9. The van der Waals surface area contributed by atoms with Gasteiger partial charge in [-0.2, -0.15) is 0 Å². The highest BCUT2D eigenvalue weighted by molar-refractivity contribution is 4.87. The molecule has 1 rings (SSSR count). The second-order valence-electron chi connectivity index (χ2n) is 3.10. The molecule has 1 N–H and O–H groups in total. The van der Waals surface area contributed by atoms with E-state index in [0.717, 1.165) is 13.2 Å². The fourth-order valence-corrected chi connectivity index (χ4v) is 0.685. The van der Waals surface area contributed by atoms with Gasteiger partial charge < -0.3 is 4.84 Å². The van der Waals surface area contributed by atoms with Crippen LogP contribution in [0.1, 0.15) is 26.7 Å². The van der Waals surface area contributed by atoms with Crippen LogP contribution in [-0.4, -0.2) is 13.2 Å². The second-order valence-corrected chi connectivity index (χ2v) is 3.10. The van der Waals surface area contributed by atoms with Crippen molar-refractivity contribution in [2.75, 3.05) is 13.2 Å². The van der Waals surface area contributed by atoms with Crippen molar-refractivity contribution in [2.45, 2.75) is 26.7 Å². The zero-order chi connectivity index (χ0) is 6.74. The Morgan fingerprint density at radius 1 is 1.56 bits per heavy atom. The van der Waals surface area contributed by atoms with E-state index in [0.29, 0.717) is 5.41 Å². The van der Waals surface area contributed by atoms with Crippen molar-refractivity contribution in [2.24, 2.45) is 5.41 Å². The van der Waals surface area contributed by atoms with Crippen LogP contribution in [0, 0.1) is 5.41 Å². The van der Waals surface area contributed by atoms with Crippen molar-refractivity contribution in [3.63, 3.8) is 0 Å². The van der Waals surface area contributed by atoms with E-state index in [1.54, 1.807) is 0 Å². The molecule has 1 saturated carbocycles. The number of hydrogen-bond acceptors (Lipinski definition) is 2.